The number of amides is 1. The summed E-state index contributed by atoms with van der Waals surface area (Å²) in [7, 11) is 3.72. The number of hydrogen-bond acceptors (Lipinski definition) is 3. The van der Waals surface area contributed by atoms with Gasteiger partial charge in [0.2, 0.25) is 5.91 Å². The fourth-order valence-electron chi connectivity index (χ4n) is 4.00. The molecular formula is C19H32N6O. The molecule has 1 unspecified atom stereocenters. The van der Waals surface area contributed by atoms with Crippen molar-refractivity contribution in [2.75, 3.05) is 26.7 Å². The van der Waals surface area contributed by atoms with Gasteiger partial charge in [0.1, 0.15) is 0 Å². The van der Waals surface area contributed by atoms with Crippen molar-refractivity contribution in [1.29, 1.82) is 0 Å². The maximum atomic E-state index is 12.7. The Morgan fingerprint density at radius 1 is 1.31 bits per heavy atom. The summed E-state index contributed by atoms with van der Waals surface area (Å²) >= 11 is 0. The maximum absolute atomic E-state index is 12.7. The van der Waals surface area contributed by atoms with Crippen molar-refractivity contribution in [3.05, 3.63) is 18.0 Å². The van der Waals surface area contributed by atoms with Gasteiger partial charge >= 0.3 is 0 Å². The summed E-state index contributed by atoms with van der Waals surface area (Å²) in [6.45, 7) is 2.46. The average molecular weight is 361 g/mol. The topological polar surface area (TPSA) is 74.6 Å². The van der Waals surface area contributed by atoms with Crippen molar-refractivity contribution in [1.82, 2.24) is 25.3 Å². The predicted octanol–water partition coefficient (Wildman–Crippen LogP) is 1.31. The molecule has 1 saturated heterocycles. The van der Waals surface area contributed by atoms with Crippen LogP contribution in [0.2, 0.25) is 0 Å². The lowest BCUT2D eigenvalue weighted by Gasteiger charge is -2.26. The van der Waals surface area contributed by atoms with Gasteiger partial charge in [-0.1, -0.05) is 19.3 Å². The number of nitrogens with zero attached hydrogens (tertiary/aromatic N) is 4. The molecule has 7 heteroatoms. The third-order valence-electron chi connectivity index (χ3n) is 5.48. The van der Waals surface area contributed by atoms with Gasteiger partial charge < -0.3 is 15.5 Å². The normalized spacial score (nSPS) is 21.8. The molecule has 1 aliphatic heterocycles. The predicted molar refractivity (Wildman–Crippen MR) is 103 cm³/mol. The summed E-state index contributed by atoms with van der Waals surface area (Å²) in [6.07, 6.45) is 11.7. The molecule has 2 N–H and O–H groups in total. The second-order valence-corrected chi connectivity index (χ2v) is 7.52. The molecule has 0 radical (unpaired) electrons. The molecule has 1 atom stereocenters. The molecule has 0 bridgehead atoms. The second-order valence-electron chi connectivity index (χ2n) is 7.52. The molecule has 1 aliphatic carbocycles. The van der Waals surface area contributed by atoms with Gasteiger partial charge in [-0.05, 0) is 31.2 Å². The minimum Gasteiger partial charge on any atom is -0.356 e. The van der Waals surface area contributed by atoms with E-state index in [0.717, 1.165) is 51.3 Å². The Labute approximate surface area is 156 Å². The molecule has 26 heavy (non-hydrogen) atoms. The Kier molecular flexibility index (Phi) is 6.52. The summed E-state index contributed by atoms with van der Waals surface area (Å²) < 4.78 is 1.82. The molecule has 1 amide bonds. The number of carbonyl (C=O) groups is 1. The fourth-order valence-corrected chi connectivity index (χ4v) is 4.00. The number of aliphatic imine (C=N–C) groups is 1. The summed E-state index contributed by atoms with van der Waals surface area (Å²) in [4.78, 5) is 19.0. The van der Waals surface area contributed by atoms with E-state index >= 15 is 0 Å². The van der Waals surface area contributed by atoms with Crippen LogP contribution in [0.25, 0.3) is 0 Å². The lowest BCUT2D eigenvalue weighted by molar-refractivity contribution is -0.135. The Morgan fingerprint density at radius 3 is 2.81 bits per heavy atom. The quantitative estimate of drug-likeness (QED) is 0.613. The number of hydrogen-bond donors (Lipinski definition) is 2. The zero-order valence-electron chi connectivity index (χ0n) is 16.1. The van der Waals surface area contributed by atoms with Crippen LogP contribution in [-0.2, 0) is 18.3 Å². The lowest BCUT2D eigenvalue weighted by atomic mass is 9.88. The van der Waals surface area contributed by atoms with Gasteiger partial charge in [0.05, 0.1) is 6.20 Å². The lowest BCUT2D eigenvalue weighted by Crippen LogP contribution is -2.46. The highest BCUT2D eigenvalue weighted by Gasteiger charge is 2.31. The molecule has 1 aromatic rings. The van der Waals surface area contributed by atoms with Crippen LogP contribution in [0.15, 0.2) is 17.4 Å². The fraction of sp³-hybridized carbons (Fsp3) is 0.737. The van der Waals surface area contributed by atoms with Crippen LogP contribution in [0.4, 0.5) is 0 Å². The Bertz CT molecular complexity index is 619. The van der Waals surface area contributed by atoms with Crippen molar-refractivity contribution < 1.29 is 4.79 Å². The van der Waals surface area contributed by atoms with E-state index < -0.39 is 0 Å². The molecule has 1 saturated carbocycles. The van der Waals surface area contributed by atoms with E-state index in [1.54, 1.807) is 7.05 Å². The molecule has 7 nitrogen and oxygen atoms in total. The SMILES string of the molecule is CN=C(NCCc1cnn(C)c1)NC1CCN(C(=O)C2CCCCC2)C1. The summed E-state index contributed by atoms with van der Waals surface area (Å²) in [6, 6.07) is 0.284. The van der Waals surface area contributed by atoms with E-state index in [4.69, 9.17) is 0 Å². The maximum Gasteiger partial charge on any atom is 0.225 e. The summed E-state index contributed by atoms with van der Waals surface area (Å²) in [5.74, 6) is 1.44. The smallest absolute Gasteiger partial charge is 0.225 e. The van der Waals surface area contributed by atoms with Crippen molar-refractivity contribution in [3.63, 3.8) is 0 Å². The minimum atomic E-state index is 0.263. The van der Waals surface area contributed by atoms with Crippen molar-refractivity contribution in [3.8, 4) is 0 Å². The first kappa shape index (κ1) is 18.7. The van der Waals surface area contributed by atoms with Crippen LogP contribution < -0.4 is 10.6 Å². The number of likely N-dealkylation sites (tertiary alicyclic amines) is 1. The highest BCUT2D eigenvalue weighted by atomic mass is 16.2. The Balaban J connectivity index is 1.40. The Hall–Kier alpha value is -2.05. The molecule has 3 rings (SSSR count). The zero-order valence-corrected chi connectivity index (χ0v) is 16.1. The van der Waals surface area contributed by atoms with Crippen LogP contribution in [0, 0.1) is 5.92 Å². The van der Waals surface area contributed by atoms with E-state index in [-0.39, 0.29) is 12.0 Å². The number of rotatable bonds is 5. The average Bonchev–Trinajstić information content (AvgIpc) is 3.30. The van der Waals surface area contributed by atoms with Crippen LogP contribution in [-0.4, -0.2) is 59.3 Å². The highest BCUT2D eigenvalue weighted by Crippen LogP contribution is 2.26. The largest absolute Gasteiger partial charge is 0.356 e. The second kappa shape index (κ2) is 9.05. The van der Waals surface area contributed by atoms with Gasteiger partial charge in [0, 0.05) is 51.9 Å². The minimum absolute atomic E-state index is 0.263. The van der Waals surface area contributed by atoms with Gasteiger partial charge in [0.15, 0.2) is 5.96 Å². The molecule has 2 aliphatic rings. The number of carbonyl (C=O) groups excluding carboxylic acids is 1. The van der Waals surface area contributed by atoms with Gasteiger partial charge in [-0.3, -0.25) is 14.5 Å². The monoisotopic (exact) mass is 360 g/mol. The van der Waals surface area contributed by atoms with Crippen molar-refractivity contribution in [2.45, 2.75) is 51.0 Å². The molecule has 0 spiro atoms. The van der Waals surface area contributed by atoms with Gasteiger partial charge in [-0.2, -0.15) is 5.10 Å². The summed E-state index contributed by atoms with van der Waals surface area (Å²) in [5.41, 5.74) is 1.21. The summed E-state index contributed by atoms with van der Waals surface area (Å²) in [5, 5.41) is 11.0. The molecule has 0 aromatic carbocycles. The van der Waals surface area contributed by atoms with Crippen molar-refractivity contribution in [2.24, 2.45) is 18.0 Å². The van der Waals surface area contributed by atoms with E-state index in [1.165, 1.54) is 24.8 Å². The zero-order chi connectivity index (χ0) is 18.4. The third kappa shape index (κ3) is 4.99. The van der Waals surface area contributed by atoms with Gasteiger partial charge in [0.25, 0.3) is 0 Å². The molecular weight excluding hydrogens is 328 g/mol. The third-order valence-corrected chi connectivity index (χ3v) is 5.48. The molecule has 144 valence electrons. The van der Waals surface area contributed by atoms with Crippen LogP contribution in [0.5, 0.6) is 0 Å². The van der Waals surface area contributed by atoms with Crippen LogP contribution in [0.3, 0.4) is 0 Å². The van der Waals surface area contributed by atoms with Crippen molar-refractivity contribution >= 4 is 11.9 Å². The molecule has 1 aromatic heterocycles. The number of guanidine groups is 1. The first-order valence-corrected chi connectivity index (χ1v) is 9.89. The molecule has 2 heterocycles. The Morgan fingerprint density at radius 2 is 2.12 bits per heavy atom. The van der Waals surface area contributed by atoms with Gasteiger partial charge in [-0.25, -0.2) is 0 Å². The van der Waals surface area contributed by atoms with Crippen LogP contribution >= 0.6 is 0 Å². The van der Waals surface area contributed by atoms with Gasteiger partial charge in [-0.15, -0.1) is 0 Å². The molecule has 2 fully saturated rings. The number of aromatic nitrogens is 2. The first-order chi connectivity index (χ1) is 12.7. The number of aryl methyl sites for hydroxylation is 1. The highest BCUT2D eigenvalue weighted by molar-refractivity contribution is 5.81. The van der Waals surface area contributed by atoms with E-state index in [0.29, 0.717) is 5.91 Å². The number of nitrogens with one attached hydrogen (secondary N) is 2. The first-order valence-electron chi connectivity index (χ1n) is 9.89. The van der Waals surface area contributed by atoms with E-state index in [2.05, 4.69) is 25.6 Å². The van der Waals surface area contributed by atoms with Crippen LogP contribution in [0.1, 0.15) is 44.1 Å². The van der Waals surface area contributed by atoms with E-state index in [1.807, 2.05) is 24.1 Å². The van der Waals surface area contributed by atoms with E-state index in [9.17, 15) is 4.79 Å². The standard InChI is InChI=1S/C19H32N6O/c1-20-19(21-10-8-15-12-22-24(2)13-15)23-17-9-11-25(14-17)18(26)16-6-4-3-5-7-16/h12-13,16-17H,3-11,14H2,1-2H3,(H2,20,21,23).